The van der Waals surface area contributed by atoms with Crippen molar-refractivity contribution in [1.82, 2.24) is 14.9 Å². The third kappa shape index (κ3) is 2.82. The van der Waals surface area contributed by atoms with Crippen molar-refractivity contribution >= 4 is 22.8 Å². The van der Waals surface area contributed by atoms with E-state index in [0.29, 0.717) is 5.25 Å². The Morgan fingerprint density at radius 2 is 2.18 bits per heavy atom. The van der Waals surface area contributed by atoms with Gasteiger partial charge in [0.1, 0.15) is 5.82 Å². The minimum absolute atomic E-state index is 0.643. The highest BCUT2D eigenvalue weighted by molar-refractivity contribution is 7.99. The summed E-state index contributed by atoms with van der Waals surface area (Å²) in [6, 6.07) is 8.25. The van der Waals surface area contributed by atoms with Crippen molar-refractivity contribution in [2.24, 2.45) is 7.05 Å². The van der Waals surface area contributed by atoms with Crippen LogP contribution >= 0.6 is 11.8 Å². The monoisotopic (exact) mass is 249 g/mol. The van der Waals surface area contributed by atoms with Crippen LogP contribution in [0.2, 0.25) is 0 Å². The number of para-hydroxylation sites is 2. The van der Waals surface area contributed by atoms with Gasteiger partial charge >= 0.3 is 0 Å². The fourth-order valence-corrected chi connectivity index (χ4v) is 2.11. The van der Waals surface area contributed by atoms with Gasteiger partial charge in [-0.1, -0.05) is 19.1 Å². The molecule has 2 aromatic rings. The highest BCUT2D eigenvalue weighted by Crippen LogP contribution is 2.14. The fourth-order valence-electron chi connectivity index (χ4n) is 1.82. The Morgan fingerprint density at radius 1 is 1.41 bits per heavy atom. The predicted molar refractivity (Wildman–Crippen MR) is 75.4 cm³/mol. The van der Waals surface area contributed by atoms with Gasteiger partial charge < -0.3 is 9.88 Å². The third-order valence-corrected chi connectivity index (χ3v) is 3.97. The maximum atomic E-state index is 4.63. The average Bonchev–Trinajstić information content (AvgIpc) is 2.67. The van der Waals surface area contributed by atoms with Gasteiger partial charge in [0.05, 0.1) is 17.6 Å². The van der Waals surface area contributed by atoms with Crippen LogP contribution in [0.5, 0.6) is 0 Å². The van der Waals surface area contributed by atoms with Crippen LogP contribution in [0.1, 0.15) is 12.7 Å². The number of fused-ring (bicyclic) bond motifs is 1. The van der Waals surface area contributed by atoms with Crippen LogP contribution in [0.25, 0.3) is 11.0 Å². The van der Waals surface area contributed by atoms with Crippen molar-refractivity contribution < 1.29 is 0 Å². The van der Waals surface area contributed by atoms with E-state index in [0.717, 1.165) is 24.4 Å². The van der Waals surface area contributed by atoms with E-state index < -0.39 is 0 Å². The second-order valence-electron chi connectivity index (χ2n) is 4.25. The molecule has 0 saturated heterocycles. The normalized spacial score (nSPS) is 13.1. The lowest BCUT2D eigenvalue weighted by atomic mass is 10.3. The van der Waals surface area contributed by atoms with Crippen LogP contribution in [0.4, 0.5) is 0 Å². The van der Waals surface area contributed by atoms with E-state index in [1.165, 1.54) is 5.52 Å². The number of nitrogens with one attached hydrogen (secondary N) is 1. The molecule has 0 aliphatic carbocycles. The first kappa shape index (κ1) is 12.5. The summed E-state index contributed by atoms with van der Waals surface area (Å²) in [7, 11) is 2.07. The van der Waals surface area contributed by atoms with Gasteiger partial charge in [0.25, 0.3) is 0 Å². The van der Waals surface area contributed by atoms with Crippen molar-refractivity contribution in [3.63, 3.8) is 0 Å². The molecule has 1 aromatic heterocycles. The second-order valence-corrected chi connectivity index (χ2v) is 5.53. The quantitative estimate of drug-likeness (QED) is 0.882. The Hall–Kier alpha value is -1.00. The zero-order valence-electron chi connectivity index (χ0n) is 10.6. The molecule has 92 valence electrons. The average molecular weight is 249 g/mol. The highest BCUT2D eigenvalue weighted by Gasteiger charge is 2.06. The molecule has 0 radical (unpaired) electrons. The number of thioether (sulfide) groups is 1. The zero-order chi connectivity index (χ0) is 12.3. The Morgan fingerprint density at radius 3 is 2.88 bits per heavy atom. The minimum atomic E-state index is 0.643. The van der Waals surface area contributed by atoms with Crippen LogP contribution in [0.15, 0.2) is 24.3 Å². The number of aryl methyl sites for hydroxylation is 1. The van der Waals surface area contributed by atoms with Gasteiger partial charge in [-0.2, -0.15) is 11.8 Å². The number of rotatable bonds is 5. The largest absolute Gasteiger partial charge is 0.330 e. The molecular formula is C13H19N3S. The summed E-state index contributed by atoms with van der Waals surface area (Å²) in [6.07, 6.45) is 2.14. The Balaban J connectivity index is 2.06. The van der Waals surface area contributed by atoms with Gasteiger partial charge in [-0.25, -0.2) is 4.98 Å². The van der Waals surface area contributed by atoms with Crippen molar-refractivity contribution in [2.45, 2.75) is 18.7 Å². The topological polar surface area (TPSA) is 29.9 Å². The van der Waals surface area contributed by atoms with Crippen molar-refractivity contribution in [3.05, 3.63) is 30.1 Å². The van der Waals surface area contributed by atoms with Crippen LogP contribution < -0.4 is 5.32 Å². The standard InChI is InChI=1S/C13H19N3S/c1-10(17-3)8-14-9-13-15-11-6-4-5-7-12(11)16(13)2/h4-7,10,14H,8-9H2,1-3H3. The summed E-state index contributed by atoms with van der Waals surface area (Å²) in [5.74, 6) is 1.10. The van der Waals surface area contributed by atoms with E-state index in [4.69, 9.17) is 0 Å². The molecule has 1 heterocycles. The smallest absolute Gasteiger partial charge is 0.123 e. The number of benzene rings is 1. The number of aromatic nitrogens is 2. The molecule has 1 aromatic carbocycles. The van der Waals surface area contributed by atoms with Gasteiger partial charge in [-0.05, 0) is 18.4 Å². The Labute approximate surface area is 107 Å². The summed E-state index contributed by atoms with van der Waals surface area (Å²) in [5, 5.41) is 4.09. The van der Waals surface area contributed by atoms with Crippen molar-refractivity contribution in [1.29, 1.82) is 0 Å². The number of hydrogen-bond acceptors (Lipinski definition) is 3. The molecule has 1 unspecified atom stereocenters. The van der Waals surface area contributed by atoms with Crippen LogP contribution in [-0.4, -0.2) is 27.6 Å². The summed E-state index contributed by atoms with van der Waals surface area (Å²) < 4.78 is 2.16. The SMILES string of the molecule is CSC(C)CNCc1nc2ccccc2n1C. The van der Waals surface area contributed by atoms with E-state index in [-0.39, 0.29) is 0 Å². The summed E-state index contributed by atoms with van der Waals surface area (Å²) in [6.45, 7) is 4.08. The molecule has 0 amide bonds. The molecule has 0 spiro atoms. The maximum absolute atomic E-state index is 4.63. The summed E-state index contributed by atoms with van der Waals surface area (Å²) in [5.41, 5.74) is 2.27. The Bertz CT molecular complexity index is 492. The van der Waals surface area contributed by atoms with E-state index in [1.807, 2.05) is 17.8 Å². The lowest BCUT2D eigenvalue weighted by molar-refractivity contribution is 0.641. The number of nitrogens with zero attached hydrogens (tertiary/aromatic N) is 2. The van der Waals surface area contributed by atoms with Crippen LogP contribution in [-0.2, 0) is 13.6 Å². The fraction of sp³-hybridized carbons (Fsp3) is 0.462. The summed E-state index contributed by atoms with van der Waals surface area (Å²) >= 11 is 1.88. The van der Waals surface area contributed by atoms with E-state index in [9.17, 15) is 0 Å². The van der Waals surface area contributed by atoms with Gasteiger partial charge in [-0.3, -0.25) is 0 Å². The van der Waals surface area contributed by atoms with Crippen molar-refractivity contribution in [3.8, 4) is 0 Å². The molecule has 0 saturated carbocycles. The maximum Gasteiger partial charge on any atom is 0.123 e. The summed E-state index contributed by atoms with van der Waals surface area (Å²) in [4.78, 5) is 4.63. The van der Waals surface area contributed by atoms with Gasteiger partial charge in [0.15, 0.2) is 0 Å². The second kappa shape index (κ2) is 5.56. The lowest BCUT2D eigenvalue weighted by Gasteiger charge is -2.09. The Kier molecular flexibility index (Phi) is 4.07. The third-order valence-electron chi connectivity index (χ3n) is 3.00. The molecule has 0 aliphatic rings. The predicted octanol–water partition coefficient (Wildman–Crippen LogP) is 2.41. The molecule has 3 nitrogen and oxygen atoms in total. The molecule has 1 N–H and O–H groups in total. The molecule has 0 aliphatic heterocycles. The molecule has 17 heavy (non-hydrogen) atoms. The first-order valence-electron chi connectivity index (χ1n) is 5.86. The number of imidazole rings is 1. The van der Waals surface area contributed by atoms with Gasteiger partial charge in [0.2, 0.25) is 0 Å². The van der Waals surface area contributed by atoms with E-state index in [2.05, 4.69) is 53.3 Å². The highest BCUT2D eigenvalue weighted by atomic mass is 32.2. The van der Waals surface area contributed by atoms with E-state index >= 15 is 0 Å². The molecule has 0 bridgehead atoms. The molecule has 2 rings (SSSR count). The minimum Gasteiger partial charge on any atom is -0.330 e. The van der Waals surface area contributed by atoms with Gasteiger partial charge in [0, 0.05) is 18.8 Å². The molecule has 4 heteroatoms. The zero-order valence-corrected chi connectivity index (χ0v) is 11.4. The molecule has 0 fully saturated rings. The first-order valence-corrected chi connectivity index (χ1v) is 7.15. The van der Waals surface area contributed by atoms with Crippen LogP contribution in [0.3, 0.4) is 0 Å². The number of hydrogen-bond donors (Lipinski definition) is 1. The van der Waals surface area contributed by atoms with Crippen LogP contribution in [0, 0.1) is 0 Å². The molecular weight excluding hydrogens is 230 g/mol. The first-order chi connectivity index (χ1) is 8.22. The van der Waals surface area contributed by atoms with Crippen molar-refractivity contribution in [2.75, 3.05) is 12.8 Å². The van der Waals surface area contributed by atoms with Gasteiger partial charge in [-0.15, -0.1) is 0 Å². The van der Waals surface area contributed by atoms with E-state index in [1.54, 1.807) is 0 Å². The molecule has 1 atom stereocenters. The lowest BCUT2D eigenvalue weighted by Crippen LogP contribution is -2.23.